The van der Waals surface area contributed by atoms with E-state index in [0.29, 0.717) is 13.2 Å². The second kappa shape index (κ2) is 6.73. The van der Waals surface area contributed by atoms with Gasteiger partial charge in [0.15, 0.2) is 5.79 Å². The van der Waals surface area contributed by atoms with Gasteiger partial charge in [-0.3, -0.25) is 0 Å². The van der Waals surface area contributed by atoms with Gasteiger partial charge in [-0.2, -0.15) is 0 Å². The summed E-state index contributed by atoms with van der Waals surface area (Å²) in [6.07, 6.45) is 4.89. The molecule has 0 aromatic heterocycles. The van der Waals surface area contributed by atoms with Crippen LogP contribution >= 0.6 is 0 Å². The number of ether oxygens (including phenoxy) is 3. The SMILES string of the molecule is CCCC[C@@]12CO[C@]3(COCc4ccccc4)O[C@H](C1)c1ccccc1[C@H]23. The first-order chi connectivity index (χ1) is 13.3. The van der Waals surface area contributed by atoms with Crippen molar-refractivity contribution >= 4 is 0 Å². The molecule has 4 bridgehead atoms. The Morgan fingerprint density at radius 1 is 1.04 bits per heavy atom. The van der Waals surface area contributed by atoms with Crippen molar-refractivity contribution in [3.8, 4) is 0 Å². The summed E-state index contributed by atoms with van der Waals surface area (Å²) in [4.78, 5) is 0. The average Bonchev–Trinajstić information content (AvgIpc) is 2.95. The van der Waals surface area contributed by atoms with E-state index in [-0.39, 0.29) is 17.4 Å². The van der Waals surface area contributed by atoms with Crippen LogP contribution in [-0.2, 0) is 20.8 Å². The Morgan fingerprint density at radius 2 is 1.81 bits per heavy atom. The van der Waals surface area contributed by atoms with E-state index in [1.165, 1.54) is 36.0 Å². The van der Waals surface area contributed by atoms with E-state index < -0.39 is 5.79 Å². The monoisotopic (exact) mass is 364 g/mol. The zero-order chi connectivity index (χ0) is 18.3. The van der Waals surface area contributed by atoms with E-state index in [2.05, 4.69) is 43.3 Å². The molecule has 1 aliphatic carbocycles. The number of hydrogen-bond donors (Lipinski definition) is 0. The maximum absolute atomic E-state index is 6.59. The second-order valence-electron chi connectivity index (χ2n) is 8.42. The molecule has 27 heavy (non-hydrogen) atoms. The van der Waals surface area contributed by atoms with Crippen LogP contribution < -0.4 is 0 Å². The molecular weight excluding hydrogens is 336 g/mol. The molecule has 2 aromatic carbocycles. The molecule has 6 rings (SSSR count). The summed E-state index contributed by atoms with van der Waals surface area (Å²) in [7, 11) is 0. The second-order valence-corrected chi connectivity index (χ2v) is 8.42. The average molecular weight is 364 g/mol. The number of benzene rings is 2. The summed E-state index contributed by atoms with van der Waals surface area (Å²) in [6, 6.07) is 19.1. The number of hydrogen-bond acceptors (Lipinski definition) is 3. The van der Waals surface area contributed by atoms with Crippen molar-refractivity contribution in [2.75, 3.05) is 13.2 Å². The Balaban J connectivity index is 1.43. The highest BCUT2D eigenvalue weighted by molar-refractivity contribution is 5.42. The molecule has 0 amide bonds. The van der Waals surface area contributed by atoms with Crippen molar-refractivity contribution in [3.05, 3.63) is 71.3 Å². The molecule has 3 heterocycles. The lowest BCUT2D eigenvalue weighted by molar-refractivity contribution is -0.288. The first-order valence-electron chi connectivity index (χ1n) is 10.3. The molecule has 4 aliphatic rings. The standard InChI is InChI=1S/C24H28O3/c1-2-3-13-23-14-21-19-11-7-8-12-20(19)22(23)24(27-21,26-16-23)17-25-15-18-9-5-4-6-10-18/h4-12,21-22H,2-3,13-17H2,1H3/t21-,22-,23+,24-/m1/s1. The van der Waals surface area contributed by atoms with Gasteiger partial charge in [0.05, 0.1) is 19.3 Å². The Hall–Kier alpha value is -1.68. The van der Waals surface area contributed by atoms with Crippen LogP contribution in [-0.4, -0.2) is 19.0 Å². The summed E-state index contributed by atoms with van der Waals surface area (Å²) >= 11 is 0. The molecule has 2 saturated heterocycles. The first kappa shape index (κ1) is 17.4. The maximum atomic E-state index is 6.59. The van der Waals surface area contributed by atoms with E-state index in [4.69, 9.17) is 14.2 Å². The van der Waals surface area contributed by atoms with Crippen molar-refractivity contribution < 1.29 is 14.2 Å². The number of rotatable bonds is 7. The van der Waals surface area contributed by atoms with Crippen molar-refractivity contribution in [1.29, 1.82) is 0 Å². The lowest BCUT2D eigenvalue weighted by Gasteiger charge is -2.53. The molecule has 4 atom stereocenters. The highest BCUT2D eigenvalue weighted by atomic mass is 16.7. The Labute approximate surface area is 161 Å². The fraction of sp³-hybridized carbons (Fsp3) is 0.500. The van der Waals surface area contributed by atoms with E-state index in [9.17, 15) is 0 Å². The lowest BCUT2D eigenvalue weighted by Crippen LogP contribution is -2.54. The predicted molar refractivity (Wildman–Crippen MR) is 104 cm³/mol. The van der Waals surface area contributed by atoms with Crippen molar-refractivity contribution in [2.24, 2.45) is 5.41 Å². The molecule has 0 N–H and O–H groups in total. The summed E-state index contributed by atoms with van der Waals surface area (Å²) < 4.78 is 19.2. The molecule has 142 valence electrons. The maximum Gasteiger partial charge on any atom is 0.200 e. The van der Waals surface area contributed by atoms with Gasteiger partial charge >= 0.3 is 0 Å². The minimum atomic E-state index is -0.625. The van der Waals surface area contributed by atoms with Crippen molar-refractivity contribution in [3.63, 3.8) is 0 Å². The quantitative estimate of drug-likeness (QED) is 0.661. The van der Waals surface area contributed by atoms with Gasteiger partial charge in [-0.05, 0) is 29.5 Å². The van der Waals surface area contributed by atoms with Crippen LogP contribution in [0.25, 0.3) is 0 Å². The van der Waals surface area contributed by atoms with Gasteiger partial charge in [-0.25, -0.2) is 0 Å². The lowest BCUT2D eigenvalue weighted by atomic mass is 9.58. The van der Waals surface area contributed by atoms with Gasteiger partial charge in [-0.1, -0.05) is 74.4 Å². The number of unbranched alkanes of at least 4 members (excludes halogenated alkanes) is 1. The normalized spacial score (nSPS) is 33.2. The third-order valence-corrected chi connectivity index (χ3v) is 6.69. The molecule has 0 spiro atoms. The molecule has 0 saturated carbocycles. The molecule has 2 aromatic rings. The van der Waals surface area contributed by atoms with Crippen LogP contribution in [0.15, 0.2) is 54.6 Å². The molecule has 0 radical (unpaired) electrons. The zero-order valence-electron chi connectivity index (χ0n) is 16.0. The highest BCUT2D eigenvalue weighted by Gasteiger charge is 2.67. The van der Waals surface area contributed by atoms with Crippen LogP contribution in [0.2, 0.25) is 0 Å². The van der Waals surface area contributed by atoms with Crippen molar-refractivity contribution in [2.45, 2.75) is 57.0 Å². The smallest absolute Gasteiger partial charge is 0.200 e. The minimum Gasteiger partial charge on any atom is -0.371 e. The van der Waals surface area contributed by atoms with Crippen LogP contribution in [0.4, 0.5) is 0 Å². The molecule has 3 heteroatoms. The minimum absolute atomic E-state index is 0.130. The van der Waals surface area contributed by atoms with E-state index in [0.717, 1.165) is 13.0 Å². The predicted octanol–water partition coefficient (Wildman–Crippen LogP) is 5.37. The van der Waals surface area contributed by atoms with Crippen LogP contribution in [0, 0.1) is 5.41 Å². The summed E-state index contributed by atoms with van der Waals surface area (Å²) in [6.45, 7) is 4.15. The summed E-state index contributed by atoms with van der Waals surface area (Å²) in [5.41, 5.74) is 4.17. The molecule has 0 unspecified atom stereocenters. The Bertz CT molecular complexity index is 804. The van der Waals surface area contributed by atoms with Crippen LogP contribution in [0.3, 0.4) is 0 Å². The third kappa shape index (κ3) is 2.75. The van der Waals surface area contributed by atoms with Gasteiger partial charge in [0.2, 0.25) is 0 Å². The molecule has 3 nitrogen and oxygen atoms in total. The van der Waals surface area contributed by atoms with E-state index >= 15 is 0 Å². The van der Waals surface area contributed by atoms with Gasteiger partial charge in [0.25, 0.3) is 0 Å². The molecule has 2 fully saturated rings. The topological polar surface area (TPSA) is 27.7 Å². The van der Waals surface area contributed by atoms with Gasteiger partial charge in [0.1, 0.15) is 6.61 Å². The van der Waals surface area contributed by atoms with E-state index in [1.54, 1.807) is 0 Å². The first-order valence-corrected chi connectivity index (χ1v) is 10.3. The third-order valence-electron chi connectivity index (χ3n) is 6.69. The zero-order valence-corrected chi connectivity index (χ0v) is 16.0. The van der Waals surface area contributed by atoms with Gasteiger partial charge < -0.3 is 14.2 Å². The van der Waals surface area contributed by atoms with Gasteiger partial charge in [0, 0.05) is 11.3 Å². The summed E-state index contributed by atoms with van der Waals surface area (Å²) in [5, 5.41) is 0. The van der Waals surface area contributed by atoms with E-state index in [1.807, 2.05) is 18.2 Å². The Kier molecular flexibility index (Phi) is 4.34. The largest absolute Gasteiger partial charge is 0.371 e. The van der Waals surface area contributed by atoms with Crippen molar-refractivity contribution in [1.82, 2.24) is 0 Å². The van der Waals surface area contributed by atoms with Crippen LogP contribution in [0.5, 0.6) is 0 Å². The Morgan fingerprint density at radius 3 is 2.63 bits per heavy atom. The van der Waals surface area contributed by atoms with Gasteiger partial charge in [-0.15, -0.1) is 0 Å². The summed E-state index contributed by atoms with van der Waals surface area (Å²) in [5.74, 6) is -0.353. The molecular formula is C24H28O3. The fourth-order valence-electron chi connectivity index (χ4n) is 5.53. The van der Waals surface area contributed by atoms with Crippen LogP contribution in [0.1, 0.15) is 61.3 Å². The molecule has 3 aliphatic heterocycles. The fourth-order valence-corrected chi connectivity index (χ4v) is 5.53. The highest BCUT2D eigenvalue weighted by Crippen LogP contribution is 2.67.